The molecule has 0 aromatic carbocycles. The molecule has 2 rings (SSSR count). The molecular formula is C8H13NO3. The van der Waals surface area contributed by atoms with Crippen LogP contribution >= 0.6 is 0 Å². The van der Waals surface area contributed by atoms with E-state index in [0.29, 0.717) is 19.0 Å². The number of carboxylic acids is 1. The summed E-state index contributed by atoms with van der Waals surface area (Å²) < 4.78 is 0. The monoisotopic (exact) mass is 171 g/mol. The molecule has 1 unspecified atom stereocenters. The SMILES string of the molecule is O=C(O)C(C1CC1)N1CC(O)C1. The maximum atomic E-state index is 10.8. The number of carbonyl (C=O) groups is 1. The van der Waals surface area contributed by atoms with Crippen molar-refractivity contribution >= 4 is 5.97 Å². The number of aliphatic hydroxyl groups excluding tert-OH is 1. The van der Waals surface area contributed by atoms with Crippen LogP contribution in [0.3, 0.4) is 0 Å². The van der Waals surface area contributed by atoms with E-state index in [2.05, 4.69) is 0 Å². The number of rotatable bonds is 3. The van der Waals surface area contributed by atoms with Crippen LogP contribution in [-0.4, -0.2) is 46.3 Å². The first-order valence-corrected chi connectivity index (χ1v) is 4.33. The maximum absolute atomic E-state index is 10.8. The molecule has 4 nitrogen and oxygen atoms in total. The van der Waals surface area contributed by atoms with E-state index in [1.165, 1.54) is 0 Å². The Balaban J connectivity index is 1.93. The first kappa shape index (κ1) is 8.01. The third-order valence-electron chi connectivity index (χ3n) is 2.61. The van der Waals surface area contributed by atoms with Crippen molar-refractivity contribution in [2.24, 2.45) is 5.92 Å². The predicted octanol–water partition coefficient (Wildman–Crippen LogP) is -0.474. The average Bonchev–Trinajstić information content (AvgIpc) is 2.67. The molecule has 0 amide bonds. The lowest BCUT2D eigenvalue weighted by atomic mass is 10.0. The molecule has 1 aliphatic carbocycles. The average molecular weight is 171 g/mol. The summed E-state index contributed by atoms with van der Waals surface area (Å²) in [6.07, 6.45) is 1.76. The van der Waals surface area contributed by atoms with Crippen molar-refractivity contribution < 1.29 is 15.0 Å². The normalized spacial score (nSPS) is 28.1. The van der Waals surface area contributed by atoms with Crippen molar-refractivity contribution in [1.29, 1.82) is 0 Å². The molecule has 1 saturated carbocycles. The van der Waals surface area contributed by atoms with E-state index in [9.17, 15) is 4.79 Å². The number of aliphatic carboxylic acids is 1. The van der Waals surface area contributed by atoms with Crippen LogP contribution < -0.4 is 0 Å². The molecular weight excluding hydrogens is 158 g/mol. The van der Waals surface area contributed by atoms with E-state index in [4.69, 9.17) is 10.2 Å². The number of hydrogen-bond donors (Lipinski definition) is 2. The standard InChI is InChI=1S/C8H13NO3/c10-6-3-9(4-6)7(8(11)12)5-1-2-5/h5-7,10H,1-4H2,(H,11,12). The number of likely N-dealkylation sites (tertiary alicyclic amines) is 1. The predicted molar refractivity (Wildman–Crippen MR) is 41.7 cm³/mol. The van der Waals surface area contributed by atoms with Gasteiger partial charge in [0.1, 0.15) is 6.04 Å². The van der Waals surface area contributed by atoms with Crippen LogP contribution in [0, 0.1) is 5.92 Å². The molecule has 12 heavy (non-hydrogen) atoms. The second-order valence-corrected chi connectivity index (χ2v) is 3.73. The Morgan fingerprint density at radius 1 is 1.42 bits per heavy atom. The second kappa shape index (κ2) is 2.71. The van der Waals surface area contributed by atoms with Gasteiger partial charge in [-0.15, -0.1) is 0 Å². The number of carboxylic acid groups (broad SMARTS) is 1. The first-order chi connectivity index (χ1) is 5.68. The number of aliphatic hydroxyl groups is 1. The molecule has 0 spiro atoms. The van der Waals surface area contributed by atoms with Gasteiger partial charge in [0.25, 0.3) is 0 Å². The van der Waals surface area contributed by atoms with Crippen LogP contribution in [0.4, 0.5) is 0 Å². The topological polar surface area (TPSA) is 60.8 Å². The number of hydrogen-bond acceptors (Lipinski definition) is 3. The van der Waals surface area contributed by atoms with E-state index >= 15 is 0 Å². The van der Waals surface area contributed by atoms with Crippen molar-refractivity contribution in [2.45, 2.75) is 25.0 Å². The van der Waals surface area contributed by atoms with Gasteiger partial charge in [-0.2, -0.15) is 0 Å². The molecule has 68 valence electrons. The smallest absolute Gasteiger partial charge is 0.321 e. The summed E-state index contributed by atoms with van der Waals surface area (Å²) in [5, 5.41) is 17.9. The van der Waals surface area contributed by atoms with Gasteiger partial charge in [-0.1, -0.05) is 0 Å². The second-order valence-electron chi connectivity index (χ2n) is 3.73. The lowest BCUT2D eigenvalue weighted by Gasteiger charge is -2.40. The van der Waals surface area contributed by atoms with Gasteiger partial charge in [0.2, 0.25) is 0 Å². The van der Waals surface area contributed by atoms with Gasteiger partial charge < -0.3 is 10.2 Å². The Morgan fingerprint density at radius 2 is 2.00 bits per heavy atom. The van der Waals surface area contributed by atoms with Gasteiger partial charge in [0.15, 0.2) is 0 Å². The quantitative estimate of drug-likeness (QED) is 0.602. The highest BCUT2D eigenvalue weighted by Gasteiger charge is 2.44. The van der Waals surface area contributed by atoms with Gasteiger partial charge >= 0.3 is 5.97 Å². The van der Waals surface area contributed by atoms with Crippen molar-refractivity contribution in [1.82, 2.24) is 4.90 Å². The molecule has 1 saturated heterocycles. The lowest BCUT2D eigenvalue weighted by Crippen LogP contribution is -2.58. The van der Waals surface area contributed by atoms with E-state index in [1.54, 1.807) is 0 Å². The van der Waals surface area contributed by atoms with E-state index in [-0.39, 0.29) is 12.1 Å². The van der Waals surface area contributed by atoms with Crippen LogP contribution in [0.2, 0.25) is 0 Å². The fourth-order valence-corrected chi connectivity index (χ4v) is 1.78. The summed E-state index contributed by atoms with van der Waals surface area (Å²) in [4.78, 5) is 12.7. The minimum Gasteiger partial charge on any atom is -0.480 e. The van der Waals surface area contributed by atoms with Crippen molar-refractivity contribution in [3.05, 3.63) is 0 Å². The van der Waals surface area contributed by atoms with Gasteiger partial charge in [0, 0.05) is 13.1 Å². The third kappa shape index (κ3) is 1.32. The van der Waals surface area contributed by atoms with Crippen molar-refractivity contribution in [3.63, 3.8) is 0 Å². The third-order valence-corrected chi connectivity index (χ3v) is 2.61. The zero-order chi connectivity index (χ0) is 8.72. The highest BCUT2D eigenvalue weighted by molar-refractivity contribution is 5.74. The van der Waals surface area contributed by atoms with E-state index in [1.807, 2.05) is 4.90 Å². The van der Waals surface area contributed by atoms with Gasteiger partial charge in [-0.3, -0.25) is 9.69 Å². The molecule has 2 fully saturated rings. The van der Waals surface area contributed by atoms with E-state index in [0.717, 1.165) is 12.8 Å². The van der Waals surface area contributed by atoms with E-state index < -0.39 is 5.97 Å². The maximum Gasteiger partial charge on any atom is 0.321 e. The molecule has 1 aliphatic heterocycles. The summed E-state index contributed by atoms with van der Waals surface area (Å²) in [6.45, 7) is 1.07. The summed E-state index contributed by atoms with van der Waals surface area (Å²) in [6, 6.07) is -0.326. The molecule has 4 heteroatoms. The molecule has 0 radical (unpaired) electrons. The molecule has 1 heterocycles. The summed E-state index contributed by atoms with van der Waals surface area (Å²) in [5.41, 5.74) is 0. The van der Waals surface area contributed by atoms with Crippen LogP contribution in [0.1, 0.15) is 12.8 Å². The van der Waals surface area contributed by atoms with Gasteiger partial charge in [-0.05, 0) is 18.8 Å². The van der Waals surface area contributed by atoms with Crippen LogP contribution in [0.25, 0.3) is 0 Å². The zero-order valence-electron chi connectivity index (χ0n) is 6.81. The van der Waals surface area contributed by atoms with Gasteiger partial charge in [-0.25, -0.2) is 0 Å². The minimum atomic E-state index is -0.732. The molecule has 1 atom stereocenters. The Bertz CT molecular complexity index is 196. The molecule has 2 aliphatic rings. The number of β-amino-alcohol motifs (C(OH)–C–C–N with tert-alkyl or cyclic N) is 1. The fourth-order valence-electron chi connectivity index (χ4n) is 1.78. The summed E-state index contributed by atoms with van der Waals surface area (Å²) in [7, 11) is 0. The summed E-state index contributed by atoms with van der Waals surface area (Å²) >= 11 is 0. The molecule has 0 aromatic heterocycles. The zero-order valence-corrected chi connectivity index (χ0v) is 6.81. The Labute approximate surface area is 70.8 Å². The first-order valence-electron chi connectivity index (χ1n) is 4.33. The Morgan fingerprint density at radius 3 is 2.33 bits per heavy atom. The van der Waals surface area contributed by atoms with Crippen LogP contribution in [0.15, 0.2) is 0 Å². The van der Waals surface area contributed by atoms with Crippen molar-refractivity contribution in [2.75, 3.05) is 13.1 Å². The molecule has 2 N–H and O–H groups in total. The highest BCUT2D eigenvalue weighted by atomic mass is 16.4. The van der Waals surface area contributed by atoms with Gasteiger partial charge in [0.05, 0.1) is 6.10 Å². The van der Waals surface area contributed by atoms with Crippen molar-refractivity contribution in [3.8, 4) is 0 Å². The number of nitrogens with zero attached hydrogens (tertiary/aromatic N) is 1. The summed E-state index contributed by atoms with van der Waals surface area (Å²) in [5.74, 6) is -0.389. The largest absolute Gasteiger partial charge is 0.480 e. The lowest BCUT2D eigenvalue weighted by molar-refractivity contribution is -0.149. The fraction of sp³-hybridized carbons (Fsp3) is 0.875. The Hall–Kier alpha value is -0.610. The van der Waals surface area contributed by atoms with Crippen LogP contribution in [0.5, 0.6) is 0 Å². The Kier molecular flexibility index (Phi) is 1.81. The van der Waals surface area contributed by atoms with Crippen LogP contribution in [-0.2, 0) is 4.79 Å². The molecule has 0 bridgehead atoms. The highest BCUT2D eigenvalue weighted by Crippen LogP contribution is 2.36. The molecule has 0 aromatic rings. The minimum absolute atomic E-state index is 0.300.